The van der Waals surface area contributed by atoms with Crippen LogP contribution in [0.4, 0.5) is 5.69 Å². The van der Waals surface area contributed by atoms with Crippen LogP contribution >= 0.6 is 0 Å². The van der Waals surface area contributed by atoms with Crippen LogP contribution in [0.25, 0.3) is 0 Å². The van der Waals surface area contributed by atoms with Crippen molar-refractivity contribution in [2.24, 2.45) is 5.73 Å². The summed E-state index contributed by atoms with van der Waals surface area (Å²) in [4.78, 5) is 11.5. The van der Waals surface area contributed by atoms with Crippen LogP contribution in [-0.4, -0.2) is 19.1 Å². The second kappa shape index (κ2) is 5.51. The molecule has 4 heteroatoms. The van der Waals surface area contributed by atoms with Crippen molar-refractivity contribution in [3.8, 4) is 5.75 Å². The fourth-order valence-corrected chi connectivity index (χ4v) is 1.46. The zero-order chi connectivity index (χ0) is 12.1. The zero-order valence-corrected chi connectivity index (χ0v) is 9.91. The van der Waals surface area contributed by atoms with Gasteiger partial charge in [0.1, 0.15) is 5.75 Å². The summed E-state index contributed by atoms with van der Waals surface area (Å²) >= 11 is 0. The van der Waals surface area contributed by atoms with E-state index in [2.05, 4.69) is 5.32 Å². The van der Waals surface area contributed by atoms with E-state index in [0.717, 1.165) is 17.0 Å². The summed E-state index contributed by atoms with van der Waals surface area (Å²) in [6.45, 7) is 3.74. The van der Waals surface area contributed by atoms with E-state index < -0.39 is 0 Å². The van der Waals surface area contributed by atoms with Gasteiger partial charge in [0, 0.05) is 18.2 Å². The van der Waals surface area contributed by atoms with Crippen LogP contribution in [-0.2, 0) is 4.79 Å². The Balaban J connectivity index is 2.68. The van der Waals surface area contributed by atoms with Gasteiger partial charge in [-0.1, -0.05) is 0 Å². The van der Waals surface area contributed by atoms with Gasteiger partial charge in [-0.25, -0.2) is 0 Å². The van der Waals surface area contributed by atoms with Crippen LogP contribution in [0, 0.1) is 6.92 Å². The third-order valence-corrected chi connectivity index (χ3v) is 2.19. The van der Waals surface area contributed by atoms with Crippen molar-refractivity contribution < 1.29 is 9.53 Å². The normalized spacial score (nSPS) is 12.0. The number of ether oxygens (including phenoxy) is 1. The van der Waals surface area contributed by atoms with Crippen molar-refractivity contribution in [1.82, 2.24) is 0 Å². The van der Waals surface area contributed by atoms with E-state index in [9.17, 15) is 4.79 Å². The third kappa shape index (κ3) is 3.55. The minimum absolute atomic E-state index is 0.0698. The van der Waals surface area contributed by atoms with Gasteiger partial charge in [0.2, 0.25) is 5.91 Å². The number of methoxy groups -OCH3 is 1. The first kappa shape index (κ1) is 12.5. The monoisotopic (exact) mass is 222 g/mol. The van der Waals surface area contributed by atoms with Gasteiger partial charge < -0.3 is 15.8 Å². The number of anilines is 1. The molecule has 88 valence electrons. The molecule has 0 radical (unpaired) electrons. The molecule has 1 atom stereocenters. The first-order chi connectivity index (χ1) is 7.52. The molecular weight excluding hydrogens is 204 g/mol. The molecule has 0 aliphatic rings. The standard InChI is InChI=1S/C12H18N2O2/c1-8-6-10(4-5-11(8)16-3)14-12(15)7-9(2)13/h4-6,9H,7,13H2,1-3H3,(H,14,15). The lowest BCUT2D eigenvalue weighted by atomic mass is 10.2. The quantitative estimate of drug-likeness (QED) is 0.814. The van der Waals surface area contributed by atoms with Gasteiger partial charge in [0.15, 0.2) is 0 Å². The third-order valence-electron chi connectivity index (χ3n) is 2.19. The van der Waals surface area contributed by atoms with Gasteiger partial charge in [-0.05, 0) is 37.6 Å². The maximum atomic E-state index is 11.5. The van der Waals surface area contributed by atoms with E-state index in [1.165, 1.54) is 0 Å². The lowest BCUT2D eigenvalue weighted by Gasteiger charge is -2.10. The fraction of sp³-hybridized carbons (Fsp3) is 0.417. The molecule has 3 N–H and O–H groups in total. The van der Waals surface area contributed by atoms with Gasteiger partial charge in [-0.2, -0.15) is 0 Å². The Bertz CT molecular complexity index is 375. The summed E-state index contributed by atoms with van der Waals surface area (Å²) in [6.07, 6.45) is 0.324. The Morgan fingerprint density at radius 2 is 2.25 bits per heavy atom. The number of benzene rings is 1. The summed E-state index contributed by atoms with van der Waals surface area (Å²) in [5, 5.41) is 2.79. The summed E-state index contributed by atoms with van der Waals surface area (Å²) in [5.74, 6) is 0.741. The number of carbonyl (C=O) groups excluding carboxylic acids is 1. The average Bonchev–Trinajstić information content (AvgIpc) is 2.16. The van der Waals surface area contributed by atoms with Crippen LogP contribution in [0.1, 0.15) is 18.9 Å². The maximum Gasteiger partial charge on any atom is 0.225 e. The fourth-order valence-electron chi connectivity index (χ4n) is 1.46. The Hall–Kier alpha value is -1.55. The predicted molar refractivity (Wildman–Crippen MR) is 64.6 cm³/mol. The number of hydrogen-bond donors (Lipinski definition) is 2. The van der Waals surface area contributed by atoms with Crippen LogP contribution in [0.5, 0.6) is 5.75 Å². The second-order valence-corrected chi connectivity index (χ2v) is 3.91. The number of nitrogens with one attached hydrogen (secondary N) is 1. The molecule has 1 aromatic carbocycles. The average molecular weight is 222 g/mol. The topological polar surface area (TPSA) is 64.3 Å². The van der Waals surface area contributed by atoms with Crippen LogP contribution in [0.2, 0.25) is 0 Å². The maximum absolute atomic E-state index is 11.5. The number of hydrogen-bond acceptors (Lipinski definition) is 3. The first-order valence-electron chi connectivity index (χ1n) is 5.23. The molecule has 1 aromatic rings. The van der Waals surface area contributed by atoms with Crippen molar-refractivity contribution in [2.75, 3.05) is 12.4 Å². The van der Waals surface area contributed by atoms with Gasteiger partial charge in [0.05, 0.1) is 7.11 Å². The van der Waals surface area contributed by atoms with Crippen molar-refractivity contribution in [1.29, 1.82) is 0 Å². The molecule has 0 aliphatic heterocycles. The molecule has 0 saturated carbocycles. The lowest BCUT2D eigenvalue weighted by molar-refractivity contribution is -0.116. The molecule has 0 aliphatic carbocycles. The second-order valence-electron chi connectivity index (χ2n) is 3.91. The van der Waals surface area contributed by atoms with E-state index >= 15 is 0 Å². The van der Waals surface area contributed by atoms with Crippen LogP contribution < -0.4 is 15.8 Å². The number of nitrogens with two attached hydrogens (primary N) is 1. The smallest absolute Gasteiger partial charge is 0.225 e. The molecule has 0 saturated heterocycles. The van der Waals surface area contributed by atoms with E-state index in [0.29, 0.717) is 6.42 Å². The zero-order valence-electron chi connectivity index (χ0n) is 9.91. The van der Waals surface area contributed by atoms with E-state index in [-0.39, 0.29) is 11.9 Å². The van der Waals surface area contributed by atoms with Crippen molar-refractivity contribution in [3.63, 3.8) is 0 Å². The largest absolute Gasteiger partial charge is 0.496 e. The minimum Gasteiger partial charge on any atom is -0.496 e. The number of rotatable bonds is 4. The molecule has 1 rings (SSSR count). The summed E-state index contributed by atoms with van der Waals surface area (Å²) in [7, 11) is 1.62. The van der Waals surface area contributed by atoms with Gasteiger partial charge in [-0.15, -0.1) is 0 Å². The molecule has 0 bridgehead atoms. The highest BCUT2D eigenvalue weighted by molar-refractivity contribution is 5.91. The Kier molecular flexibility index (Phi) is 4.31. The number of carbonyl (C=O) groups is 1. The molecule has 0 heterocycles. The highest BCUT2D eigenvalue weighted by Gasteiger charge is 2.06. The van der Waals surface area contributed by atoms with E-state index in [1.54, 1.807) is 14.0 Å². The molecule has 4 nitrogen and oxygen atoms in total. The number of amides is 1. The molecule has 0 fully saturated rings. The molecule has 16 heavy (non-hydrogen) atoms. The van der Waals surface area contributed by atoms with Gasteiger partial charge in [-0.3, -0.25) is 4.79 Å². The van der Waals surface area contributed by atoms with Crippen LogP contribution in [0.3, 0.4) is 0 Å². The van der Waals surface area contributed by atoms with Gasteiger partial charge >= 0.3 is 0 Å². The van der Waals surface area contributed by atoms with E-state index in [1.807, 2.05) is 25.1 Å². The highest BCUT2D eigenvalue weighted by Crippen LogP contribution is 2.21. The predicted octanol–water partition coefficient (Wildman–Crippen LogP) is 1.68. The van der Waals surface area contributed by atoms with Crippen molar-refractivity contribution >= 4 is 11.6 Å². The molecule has 1 unspecified atom stereocenters. The molecule has 0 aromatic heterocycles. The number of aryl methyl sites for hydroxylation is 1. The van der Waals surface area contributed by atoms with Crippen molar-refractivity contribution in [2.45, 2.75) is 26.3 Å². The first-order valence-corrected chi connectivity index (χ1v) is 5.23. The summed E-state index contributed by atoms with van der Waals surface area (Å²) in [6, 6.07) is 5.39. The lowest BCUT2D eigenvalue weighted by Crippen LogP contribution is -2.23. The SMILES string of the molecule is COc1ccc(NC(=O)CC(C)N)cc1C. The van der Waals surface area contributed by atoms with E-state index in [4.69, 9.17) is 10.5 Å². The molecule has 1 amide bonds. The molecule has 0 spiro atoms. The summed E-state index contributed by atoms with van der Waals surface area (Å²) < 4.78 is 5.14. The molecular formula is C12H18N2O2. The Morgan fingerprint density at radius 3 is 2.75 bits per heavy atom. The van der Waals surface area contributed by atoms with Crippen molar-refractivity contribution in [3.05, 3.63) is 23.8 Å². The highest BCUT2D eigenvalue weighted by atomic mass is 16.5. The van der Waals surface area contributed by atoms with Crippen LogP contribution in [0.15, 0.2) is 18.2 Å². The Labute approximate surface area is 95.8 Å². The Morgan fingerprint density at radius 1 is 1.56 bits per heavy atom. The summed E-state index contributed by atoms with van der Waals surface area (Å²) in [5.41, 5.74) is 7.30. The minimum atomic E-state index is -0.126. The van der Waals surface area contributed by atoms with Gasteiger partial charge in [0.25, 0.3) is 0 Å².